The van der Waals surface area contributed by atoms with E-state index < -0.39 is 0 Å². The maximum absolute atomic E-state index is 11.9. The second-order valence-corrected chi connectivity index (χ2v) is 6.75. The van der Waals surface area contributed by atoms with Crippen molar-refractivity contribution < 1.29 is 19.0 Å². The molecule has 0 saturated carbocycles. The summed E-state index contributed by atoms with van der Waals surface area (Å²) in [7, 11) is 3.16. The number of carbonyl (C=O) groups excluding carboxylic acids is 1. The molecule has 0 aliphatic carbocycles. The monoisotopic (exact) mass is 468 g/mol. The van der Waals surface area contributed by atoms with Gasteiger partial charge in [-0.15, -0.1) is 0 Å². The molecule has 0 aliphatic heterocycles. The molecule has 1 N–H and O–H groups in total. The van der Waals surface area contributed by atoms with Crippen LogP contribution in [-0.4, -0.2) is 32.9 Å². The standard InChI is InChI=1S/C19H21IN2O4/c1-12-5-6-16(13(2)7-12)26-11-18(23)22-21-10-14-8-15(20)19(25-4)17(9-14)24-3/h5-10H,11H2,1-4H3,(H,22,23)/b21-10-. The number of halogens is 1. The van der Waals surface area contributed by atoms with E-state index >= 15 is 0 Å². The lowest BCUT2D eigenvalue weighted by molar-refractivity contribution is -0.123. The van der Waals surface area contributed by atoms with Gasteiger partial charge in [-0.3, -0.25) is 4.79 Å². The quantitative estimate of drug-likeness (QED) is 0.384. The van der Waals surface area contributed by atoms with E-state index in [4.69, 9.17) is 14.2 Å². The number of carbonyl (C=O) groups is 1. The Bertz CT molecular complexity index is 821. The van der Waals surface area contributed by atoms with Crippen LogP contribution in [0.5, 0.6) is 17.2 Å². The van der Waals surface area contributed by atoms with E-state index in [1.54, 1.807) is 26.5 Å². The van der Waals surface area contributed by atoms with Crippen molar-refractivity contribution in [2.45, 2.75) is 13.8 Å². The number of nitrogens with one attached hydrogen (secondary N) is 1. The Morgan fingerprint density at radius 1 is 1.15 bits per heavy atom. The molecule has 0 unspecified atom stereocenters. The van der Waals surface area contributed by atoms with Crippen LogP contribution in [0, 0.1) is 17.4 Å². The van der Waals surface area contributed by atoms with E-state index in [0.717, 1.165) is 20.3 Å². The van der Waals surface area contributed by atoms with Crippen LogP contribution in [0.1, 0.15) is 16.7 Å². The van der Waals surface area contributed by atoms with Gasteiger partial charge in [-0.2, -0.15) is 5.10 Å². The summed E-state index contributed by atoms with van der Waals surface area (Å²) >= 11 is 2.15. The minimum Gasteiger partial charge on any atom is -0.493 e. The molecule has 2 rings (SSSR count). The van der Waals surface area contributed by atoms with Crippen LogP contribution < -0.4 is 19.6 Å². The van der Waals surface area contributed by atoms with Crippen LogP contribution in [0.4, 0.5) is 0 Å². The third kappa shape index (κ3) is 5.35. The summed E-state index contributed by atoms with van der Waals surface area (Å²) in [4.78, 5) is 11.9. The summed E-state index contributed by atoms with van der Waals surface area (Å²) in [5, 5.41) is 3.96. The zero-order chi connectivity index (χ0) is 19.1. The molecule has 0 aromatic heterocycles. The fourth-order valence-corrected chi connectivity index (χ4v) is 3.17. The van der Waals surface area contributed by atoms with Crippen LogP contribution in [0.15, 0.2) is 35.4 Å². The molecule has 0 atom stereocenters. The molecule has 1 amide bonds. The minimum absolute atomic E-state index is 0.106. The van der Waals surface area contributed by atoms with Crippen LogP contribution in [0.3, 0.4) is 0 Å². The van der Waals surface area contributed by atoms with E-state index in [9.17, 15) is 4.79 Å². The van der Waals surface area contributed by atoms with Gasteiger partial charge in [-0.05, 0) is 65.8 Å². The third-order valence-electron chi connectivity index (χ3n) is 3.55. The molecule has 0 fully saturated rings. The predicted octanol–water partition coefficient (Wildman–Crippen LogP) is 3.45. The minimum atomic E-state index is -0.337. The molecule has 0 bridgehead atoms. The third-order valence-corrected chi connectivity index (χ3v) is 4.35. The number of amides is 1. The number of aryl methyl sites for hydroxylation is 2. The number of methoxy groups -OCH3 is 2. The molecule has 7 heteroatoms. The zero-order valence-electron chi connectivity index (χ0n) is 15.1. The highest BCUT2D eigenvalue weighted by molar-refractivity contribution is 14.1. The van der Waals surface area contributed by atoms with Gasteiger partial charge in [0.15, 0.2) is 18.1 Å². The molecule has 2 aromatic carbocycles. The number of hydrazone groups is 1. The Morgan fingerprint density at radius 2 is 1.92 bits per heavy atom. The fraction of sp³-hybridized carbons (Fsp3) is 0.263. The highest BCUT2D eigenvalue weighted by Gasteiger charge is 2.09. The first-order chi connectivity index (χ1) is 12.4. The Labute approximate surface area is 166 Å². The molecular weight excluding hydrogens is 447 g/mol. The summed E-state index contributed by atoms with van der Waals surface area (Å²) in [6, 6.07) is 9.46. The van der Waals surface area contributed by atoms with Gasteiger partial charge in [0.2, 0.25) is 0 Å². The molecule has 0 spiro atoms. The van der Waals surface area contributed by atoms with Crippen molar-refractivity contribution in [2.24, 2.45) is 5.10 Å². The summed E-state index contributed by atoms with van der Waals surface area (Å²) in [6.07, 6.45) is 1.54. The lowest BCUT2D eigenvalue weighted by Gasteiger charge is -2.10. The van der Waals surface area contributed by atoms with Crippen molar-refractivity contribution in [3.05, 3.63) is 50.6 Å². The fourth-order valence-electron chi connectivity index (χ4n) is 2.33. The Kier molecular flexibility index (Phi) is 7.26. The van der Waals surface area contributed by atoms with Gasteiger partial charge >= 0.3 is 0 Å². The molecule has 2 aromatic rings. The number of nitrogens with zero attached hydrogens (tertiary/aromatic N) is 1. The van der Waals surface area contributed by atoms with E-state index in [2.05, 4.69) is 33.1 Å². The first-order valence-electron chi connectivity index (χ1n) is 7.88. The first kappa shape index (κ1) is 20.0. The van der Waals surface area contributed by atoms with Gasteiger partial charge < -0.3 is 14.2 Å². The number of hydrogen-bond donors (Lipinski definition) is 1. The molecule has 138 valence electrons. The van der Waals surface area contributed by atoms with Gasteiger partial charge in [0.05, 0.1) is 24.0 Å². The van der Waals surface area contributed by atoms with E-state index in [0.29, 0.717) is 17.2 Å². The Morgan fingerprint density at radius 3 is 2.58 bits per heavy atom. The predicted molar refractivity (Wildman–Crippen MR) is 109 cm³/mol. The van der Waals surface area contributed by atoms with Crippen molar-refractivity contribution in [3.63, 3.8) is 0 Å². The average Bonchev–Trinajstić information content (AvgIpc) is 2.60. The molecule has 6 nitrogen and oxygen atoms in total. The van der Waals surface area contributed by atoms with Crippen LogP contribution in [-0.2, 0) is 4.79 Å². The zero-order valence-corrected chi connectivity index (χ0v) is 17.3. The summed E-state index contributed by atoms with van der Waals surface area (Å²) in [5.74, 6) is 1.61. The lowest BCUT2D eigenvalue weighted by Crippen LogP contribution is -2.24. The van der Waals surface area contributed by atoms with Gasteiger partial charge in [0, 0.05) is 0 Å². The number of benzene rings is 2. The molecule has 26 heavy (non-hydrogen) atoms. The molecular formula is C19H21IN2O4. The van der Waals surface area contributed by atoms with E-state index in [1.807, 2.05) is 38.1 Å². The van der Waals surface area contributed by atoms with E-state index in [-0.39, 0.29) is 12.5 Å². The molecule has 0 aliphatic rings. The molecule has 0 heterocycles. The number of rotatable bonds is 7. The Balaban J connectivity index is 1.93. The average molecular weight is 468 g/mol. The highest BCUT2D eigenvalue weighted by Crippen LogP contribution is 2.33. The lowest BCUT2D eigenvalue weighted by atomic mass is 10.1. The maximum atomic E-state index is 11.9. The molecule has 0 radical (unpaired) electrons. The van der Waals surface area contributed by atoms with Crippen molar-refractivity contribution in [3.8, 4) is 17.2 Å². The van der Waals surface area contributed by atoms with Crippen molar-refractivity contribution in [2.75, 3.05) is 20.8 Å². The van der Waals surface area contributed by atoms with Crippen LogP contribution in [0.2, 0.25) is 0 Å². The van der Waals surface area contributed by atoms with Crippen molar-refractivity contribution >= 4 is 34.7 Å². The van der Waals surface area contributed by atoms with Gasteiger partial charge in [-0.1, -0.05) is 17.7 Å². The van der Waals surface area contributed by atoms with E-state index in [1.165, 1.54) is 0 Å². The van der Waals surface area contributed by atoms with Crippen molar-refractivity contribution in [1.82, 2.24) is 5.43 Å². The summed E-state index contributed by atoms with van der Waals surface area (Å²) in [5.41, 5.74) is 5.36. The highest BCUT2D eigenvalue weighted by atomic mass is 127. The van der Waals surface area contributed by atoms with Crippen molar-refractivity contribution in [1.29, 1.82) is 0 Å². The summed E-state index contributed by atoms with van der Waals surface area (Å²) < 4.78 is 17.0. The summed E-state index contributed by atoms with van der Waals surface area (Å²) in [6.45, 7) is 3.84. The Hall–Kier alpha value is -2.29. The second kappa shape index (κ2) is 9.42. The first-order valence-corrected chi connectivity index (χ1v) is 8.96. The topological polar surface area (TPSA) is 69.2 Å². The van der Waals surface area contributed by atoms with Gasteiger partial charge in [-0.25, -0.2) is 5.43 Å². The largest absolute Gasteiger partial charge is 0.493 e. The normalized spacial score (nSPS) is 10.7. The smallest absolute Gasteiger partial charge is 0.277 e. The van der Waals surface area contributed by atoms with Gasteiger partial charge in [0.1, 0.15) is 5.75 Å². The molecule has 0 saturated heterocycles. The van der Waals surface area contributed by atoms with Crippen LogP contribution >= 0.6 is 22.6 Å². The number of ether oxygens (including phenoxy) is 3. The second-order valence-electron chi connectivity index (χ2n) is 5.59. The van der Waals surface area contributed by atoms with Crippen LogP contribution in [0.25, 0.3) is 0 Å². The van der Waals surface area contributed by atoms with Gasteiger partial charge in [0.25, 0.3) is 5.91 Å². The maximum Gasteiger partial charge on any atom is 0.277 e. The SMILES string of the molecule is COc1cc(/C=N\NC(=O)COc2ccc(C)cc2C)cc(I)c1OC. The number of hydrogen-bond acceptors (Lipinski definition) is 5.